The summed E-state index contributed by atoms with van der Waals surface area (Å²) in [6.45, 7) is -1.45. The van der Waals surface area contributed by atoms with Crippen LogP contribution >= 0.6 is 0 Å². The smallest absolute Gasteiger partial charge is 0.449 e. The van der Waals surface area contributed by atoms with Crippen LogP contribution in [0.15, 0.2) is 0 Å². The van der Waals surface area contributed by atoms with Crippen LogP contribution in [-0.4, -0.2) is 90.8 Å². The maximum absolute atomic E-state index is 9.21. The normalized spacial score (nSPS) is 16.3. The summed E-state index contributed by atoms with van der Waals surface area (Å²) in [6.07, 6.45) is -10.0. The van der Waals surface area contributed by atoms with Crippen LogP contribution in [0.2, 0.25) is 0 Å². The van der Waals surface area contributed by atoms with E-state index >= 15 is 0 Å². The van der Waals surface area contributed by atoms with Crippen LogP contribution in [0.5, 0.6) is 0 Å². The molecule has 0 saturated heterocycles. The standard InChI is InChI=1S/C6H14O6.C2H2O5/c7-1-3(9)5(11)6(12)4(10)2-8;3-1(4)7-2(5)6/h3-12H,1-2H2;(H,3,4)(H,5,6). The van der Waals surface area contributed by atoms with E-state index in [1.807, 2.05) is 0 Å². The monoisotopic (exact) mass is 288 g/mol. The molecule has 4 atom stereocenters. The first-order valence-electron chi connectivity index (χ1n) is 4.75. The van der Waals surface area contributed by atoms with Crippen LogP contribution in [0.25, 0.3) is 0 Å². The first kappa shape index (κ1) is 19.8. The van der Waals surface area contributed by atoms with Gasteiger partial charge in [0, 0.05) is 0 Å². The molecule has 0 bridgehead atoms. The van der Waals surface area contributed by atoms with E-state index in [0.29, 0.717) is 0 Å². The minimum atomic E-state index is -1.81. The van der Waals surface area contributed by atoms with Crippen molar-refractivity contribution in [1.29, 1.82) is 0 Å². The Morgan fingerprint density at radius 1 is 0.789 bits per heavy atom. The third-order valence-corrected chi connectivity index (χ3v) is 1.69. The molecule has 0 saturated carbocycles. The molecule has 8 N–H and O–H groups in total. The largest absolute Gasteiger partial charge is 0.516 e. The summed E-state index contributed by atoms with van der Waals surface area (Å²) in [7, 11) is 0. The predicted molar refractivity (Wildman–Crippen MR) is 55.3 cm³/mol. The molecule has 19 heavy (non-hydrogen) atoms. The molecule has 0 aliphatic carbocycles. The number of rotatable bonds is 5. The number of hydrogen-bond donors (Lipinski definition) is 8. The highest BCUT2D eigenvalue weighted by molar-refractivity contribution is 5.74. The van der Waals surface area contributed by atoms with Gasteiger partial charge in [-0.25, -0.2) is 9.59 Å². The Kier molecular flexibility index (Phi) is 10.9. The van der Waals surface area contributed by atoms with Crippen molar-refractivity contribution in [3.05, 3.63) is 0 Å². The van der Waals surface area contributed by atoms with Gasteiger partial charge in [0.15, 0.2) is 0 Å². The second-order valence-electron chi connectivity index (χ2n) is 3.11. The first-order chi connectivity index (χ1) is 8.67. The van der Waals surface area contributed by atoms with Crippen LogP contribution in [0.1, 0.15) is 0 Å². The lowest BCUT2D eigenvalue weighted by molar-refractivity contribution is -0.123. The highest BCUT2D eigenvalue weighted by atomic mass is 16.7. The van der Waals surface area contributed by atoms with E-state index in [2.05, 4.69) is 4.74 Å². The van der Waals surface area contributed by atoms with Crippen molar-refractivity contribution in [3.8, 4) is 0 Å². The van der Waals surface area contributed by atoms with E-state index in [9.17, 15) is 9.59 Å². The zero-order chi connectivity index (χ0) is 15.6. The molecule has 0 aromatic rings. The van der Waals surface area contributed by atoms with Crippen LogP contribution in [0.4, 0.5) is 9.59 Å². The Bertz CT molecular complexity index is 241. The highest BCUT2D eigenvalue weighted by Gasteiger charge is 2.29. The van der Waals surface area contributed by atoms with Gasteiger partial charge in [0.05, 0.1) is 13.2 Å². The summed E-state index contributed by atoms with van der Waals surface area (Å²) >= 11 is 0. The maximum Gasteiger partial charge on any atom is 0.516 e. The fourth-order valence-electron chi connectivity index (χ4n) is 0.746. The summed E-state index contributed by atoms with van der Waals surface area (Å²) in [6, 6.07) is 0. The fraction of sp³-hybridized carbons (Fsp3) is 0.750. The molecular weight excluding hydrogens is 272 g/mol. The van der Waals surface area contributed by atoms with E-state index in [0.717, 1.165) is 0 Å². The Labute approximate surface area is 106 Å². The average molecular weight is 288 g/mol. The molecule has 114 valence electrons. The number of aliphatic hydroxyl groups is 6. The molecular formula is C8H16O11. The molecule has 0 radical (unpaired) electrons. The van der Waals surface area contributed by atoms with Crippen LogP contribution in [0.3, 0.4) is 0 Å². The minimum absolute atomic E-state index is 0.726. The van der Waals surface area contributed by atoms with E-state index in [-0.39, 0.29) is 0 Å². The van der Waals surface area contributed by atoms with E-state index in [4.69, 9.17) is 40.9 Å². The summed E-state index contributed by atoms with van der Waals surface area (Å²) < 4.78 is 3.08. The zero-order valence-electron chi connectivity index (χ0n) is 9.53. The van der Waals surface area contributed by atoms with Gasteiger partial charge in [-0.15, -0.1) is 0 Å². The van der Waals surface area contributed by atoms with Crippen LogP contribution in [-0.2, 0) is 4.74 Å². The average Bonchev–Trinajstić information content (AvgIpc) is 2.34. The molecule has 0 aromatic carbocycles. The van der Waals surface area contributed by atoms with Crippen LogP contribution < -0.4 is 0 Å². The van der Waals surface area contributed by atoms with Crippen molar-refractivity contribution in [3.63, 3.8) is 0 Å². The lowest BCUT2D eigenvalue weighted by Gasteiger charge is -2.24. The second-order valence-corrected chi connectivity index (χ2v) is 3.11. The molecule has 11 heteroatoms. The van der Waals surface area contributed by atoms with E-state index in [1.165, 1.54) is 0 Å². The molecule has 0 aromatic heterocycles. The molecule has 0 aliphatic heterocycles. The van der Waals surface area contributed by atoms with Crippen molar-refractivity contribution in [1.82, 2.24) is 0 Å². The number of ether oxygens (including phenoxy) is 1. The maximum atomic E-state index is 9.21. The third-order valence-electron chi connectivity index (χ3n) is 1.69. The second kappa shape index (κ2) is 10.4. The van der Waals surface area contributed by atoms with E-state index in [1.54, 1.807) is 0 Å². The zero-order valence-corrected chi connectivity index (χ0v) is 9.53. The van der Waals surface area contributed by atoms with Crippen molar-refractivity contribution < 1.29 is 55.2 Å². The van der Waals surface area contributed by atoms with Gasteiger partial charge in [-0.1, -0.05) is 0 Å². The molecule has 0 aliphatic rings. The summed E-state index contributed by atoms with van der Waals surface area (Å²) in [5.41, 5.74) is 0. The summed E-state index contributed by atoms with van der Waals surface area (Å²) in [4.78, 5) is 18.4. The van der Waals surface area contributed by atoms with Crippen molar-refractivity contribution in [2.24, 2.45) is 0 Å². The predicted octanol–water partition coefficient (Wildman–Crippen LogP) is -3.23. The molecule has 0 amide bonds. The lowest BCUT2D eigenvalue weighted by atomic mass is 10.0. The number of carbonyl (C=O) groups is 2. The lowest BCUT2D eigenvalue weighted by Crippen LogP contribution is -2.46. The fourth-order valence-corrected chi connectivity index (χ4v) is 0.746. The molecule has 0 heterocycles. The van der Waals surface area contributed by atoms with Gasteiger partial charge in [0.25, 0.3) is 0 Å². The first-order valence-corrected chi connectivity index (χ1v) is 4.75. The number of carboxylic acid groups (broad SMARTS) is 2. The molecule has 11 nitrogen and oxygen atoms in total. The van der Waals surface area contributed by atoms with Gasteiger partial charge in [-0.2, -0.15) is 0 Å². The van der Waals surface area contributed by atoms with Gasteiger partial charge in [0.2, 0.25) is 0 Å². The number of hydrogen-bond acceptors (Lipinski definition) is 9. The minimum Gasteiger partial charge on any atom is -0.449 e. The summed E-state index contributed by atoms with van der Waals surface area (Å²) in [5.74, 6) is 0. The van der Waals surface area contributed by atoms with Crippen molar-refractivity contribution >= 4 is 12.3 Å². The van der Waals surface area contributed by atoms with Gasteiger partial charge in [0.1, 0.15) is 24.4 Å². The van der Waals surface area contributed by atoms with Crippen molar-refractivity contribution in [2.75, 3.05) is 13.2 Å². The Hall–Kier alpha value is -1.50. The van der Waals surface area contributed by atoms with Gasteiger partial charge in [-0.05, 0) is 0 Å². The number of aliphatic hydroxyl groups excluding tert-OH is 6. The van der Waals surface area contributed by atoms with Gasteiger partial charge < -0.3 is 45.6 Å². The summed E-state index contributed by atoms with van der Waals surface area (Å²) in [5, 5.41) is 67.1. The quantitative estimate of drug-likeness (QED) is 0.186. The molecule has 0 spiro atoms. The Morgan fingerprint density at radius 3 is 1.16 bits per heavy atom. The molecule has 0 rings (SSSR count). The van der Waals surface area contributed by atoms with Gasteiger partial charge >= 0.3 is 12.3 Å². The Balaban J connectivity index is 0. The molecule has 4 unspecified atom stereocenters. The highest BCUT2D eigenvalue weighted by Crippen LogP contribution is 2.03. The van der Waals surface area contributed by atoms with Crippen molar-refractivity contribution in [2.45, 2.75) is 24.4 Å². The van der Waals surface area contributed by atoms with Crippen LogP contribution in [0, 0.1) is 0 Å². The van der Waals surface area contributed by atoms with E-state index < -0.39 is 49.9 Å². The topological polar surface area (TPSA) is 205 Å². The third kappa shape index (κ3) is 10.1. The Morgan fingerprint density at radius 2 is 1.05 bits per heavy atom. The SMILES string of the molecule is O=C(O)OC(=O)O.OCC(O)C(O)C(O)C(O)CO. The molecule has 0 fully saturated rings. The van der Waals surface area contributed by atoms with Gasteiger partial charge in [-0.3, -0.25) is 0 Å².